The molecule has 2 amide bonds. The Morgan fingerprint density at radius 3 is 2.44 bits per heavy atom. The van der Waals surface area contributed by atoms with E-state index >= 15 is 0 Å². The third kappa shape index (κ3) is 6.26. The van der Waals surface area contributed by atoms with E-state index in [1.807, 2.05) is 11.9 Å². The van der Waals surface area contributed by atoms with E-state index in [4.69, 9.17) is 11.5 Å². The van der Waals surface area contributed by atoms with Crippen LogP contribution in [0.2, 0.25) is 0 Å². The zero-order valence-corrected chi connectivity index (χ0v) is 15.9. The van der Waals surface area contributed by atoms with Crippen molar-refractivity contribution >= 4 is 17.5 Å². The summed E-state index contributed by atoms with van der Waals surface area (Å²) in [5.74, 6) is -0.295. The van der Waals surface area contributed by atoms with Gasteiger partial charge in [0.2, 0.25) is 5.91 Å². The molecule has 27 heavy (non-hydrogen) atoms. The highest BCUT2D eigenvalue weighted by atomic mass is 16.2. The van der Waals surface area contributed by atoms with Crippen LogP contribution in [0.25, 0.3) is 0 Å². The number of piperazine rings is 1. The first kappa shape index (κ1) is 20.7. The molecule has 0 saturated carbocycles. The lowest BCUT2D eigenvalue weighted by Crippen LogP contribution is -2.54. The lowest BCUT2D eigenvalue weighted by molar-refractivity contribution is -0.135. The number of nitrogens with one attached hydrogen (secondary N) is 2. The SMILES string of the molecule is CN1CCN(C(=O)C(CCCN)NC(=O)c2ccc(N/C=C\N)cc2)CC1. The maximum atomic E-state index is 12.9. The Morgan fingerprint density at radius 1 is 1.19 bits per heavy atom. The highest BCUT2D eigenvalue weighted by molar-refractivity contribution is 5.97. The quantitative estimate of drug-likeness (QED) is 0.514. The molecule has 0 aliphatic carbocycles. The van der Waals surface area contributed by atoms with Crippen LogP contribution in [-0.2, 0) is 4.79 Å². The molecule has 6 N–H and O–H groups in total. The van der Waals surface area contributed by atoms with Crippen LogP contribution in [0.3, 0.4) is 0 Å². The molecular weight excluding hydrogens is 344 g/mol. The number of nitrogens with zero attached hydrogens (tertiary/aromatic N) is 2. The van der Waals surface area contributed by atoms with Gasteiger partial charge in [0.25, 0.3) is 5.91 Å². The maximum absolute atomic E-state index is 12.9. The van der Waals surface area contributed by atoms with Gasteiger partial charge in [-0.1, -0.05) is 0 Å². The number of anilines is 1. The molecule has 8 nitrogen and oxygen atoms in total. The van der Waals surface area contributed by atoms with E-state index in [1.54, 1.807) is 30.5 Å². The van der Waals surface area contributed by atoms with Crippen LogP contribution < -0.4 is 22.1 Å². The van der Waals surface area contributed by atoms with Gasteiger partial charge in [-0.3, -0.25) is 9.59 Å². The lowest BCUT2D eigenvalue weighted by Gasteiger charge is -2.34. The summed E-state index contributed by atoms with van der Waals surface area (Å²) in [7, 11) is 2.04. The number of likely N-dealkylation sites (N-methyl/N-ethyl adjacent to an activating group) is 1. The number of hydrogen-bond donors (Lipinski definition) is 4. The smallest absolute Gasteiger partial charge is 0.251 e. The van der Waals surface area contributed by atoms with Gasteiger partial charge in [0, 0.05) is 49.8 Å². The summed E-state index contributed by atoms with van der Waals surface area (Å²) in [6.45, 7) is 3.53. The van der Waals surface area contributed by atoms with Crippen molar-refractivity contribution in [3.63, 3.8) is 0 Å². The second kappa shape index (κ2) is 10.5. The average Bonchev–Trinajstić information content (AvgIpc) is 2.69. The number of hydrogen-bond acceptors (Lipinski definition) is 6. The van der Waals surface area contributed by atoms with E-state index in [0.29, 0.717) is 38.0 Å². The molecule has 8 heteroatoms. The summed E-state index contributed by atoms with van der Waals surface area (Å²) in [6, 6.07) is 6.44. The zero-order valence-electron chi connectivity index (χ0n) is 15.9. The zero-order chi connectivity index (χ0) is 19.6. The summed E-state index contributed by atoms with van der Waals surface area (Å²) in [4.78, 5) is 29.5. The third-order valence-electron chi connectivity index (χ3n) is 4.61. The minimum Gasteiger partial charge on any atom is -0.403 e. The number of carbonyl (C=O) groups excluding carboxylic acids is 2. The number of amides is 2. The fourth-order valence-electron chi connectivity index (χ4n) is 2.93. The molecule has 0 aromatic heterocycles. The minimum atomic E-state index is -0.553. The van der Waals surface area contributed by atoms with Gasteiger partial charge in [-0.25, -0.2) is 0 Å². The monoisotopic (exact) mass is 374 g/mol. The number of rotatable bonds is 8. The molecule has 1 aromatic carbocycles. The van der Waals surface area contributed by atoms with Crippen LogP contribution in [0.5, 0.6) is 0 Å². The summed E-state index contributed by atoms with van der Waals surface area (Å²) < 4.78 is 0. The molecule has 2 rings (SSSR count). The predicted molar refractivity (Wildman–Crippen MR) is 107 cm³/mol. The Balaban J connectivity index is 2.01. The highest BCUT2D eigenvalue weighted by Crippen LogP contribution is 2.11. The Kier molecular flexibility index (Phi) is 8.09. The molecule has 0 bridgehead atoms. The van der Waals surface area contributed by atoms with Crippen molar-refractivity contribution in [2.45, 2.75) is 18.9 Å². The Hall–Kier alpha value is -2.58. The highest BCUT2D eigenvalue weighted by Gasteiger charge is 2.27. The van der Waals surface area contributed by atoms with Crippen molar-refractivity contribution in [2.24, 2.45) is 11.5 Å². The second-order valence-corrected chi connectivity index (χ2v) is 6.67. The Bertz CT molecular complexity index is 638. The predicted octanol–water partition coefficient (Wildman–Crippen LogP) is 0.140. The molecule has 0 radical (unpaired) electrons. The van der Waals surface area contributed by atoms with Crippen molar-refractivity contribution in [3.05, 3.63) is 42.2 Å². The molecule has 1 unspecified atom stereocenters. The van der Waals surface area contributed by atoms with Crippen molar-refractivity contribution < 1.29 is 9.59 Å². The maximum Gasteiger partial charge on any atom is 0.251 e. The summed E-state index contributed by atoms with van der Waals surface area (Å²) in [6.07, 6.45) is 4.21. The first-order valence-electron chi connectivity index (χ1n) is 9.26. The second-order valence-electron chi connectivity index (χ2n) is 6.67. The van der Waals surface area contributed by atoms with Gasteiger partial charge < -0.3 is 31.9 Å². The molecular formula is C19H30N6O2. The fraction of sp³-hybridized carbons (Fsp3) is 0.474. The van der Waals surface area contributed by atoms with E-state index in [1.165, 1.54) is 6.20 Å². The third-order valence-corrected chi connectivity index (χ3v) is 4.61. The summed E-state index contributed by atoms with van der Waals surface area (Å²) in [5.41, 5.74) is 12.2. The Labute approximate surface area is 160 Å². The van der Waals surface area contributed by atoms with Gasteiger partial charge in [0.15, 0.2) is 0 Å². The van der Waals surface area contributed by atoms with E-state index in [0.717, 1.165) is 18.8 Å². The van der Waals surface area contributed by atoms with E-state index in [9.17, 15) is 9.59 Å². The Morgan fingerprint density at radius 2 is 1.85 bits per heavy atom. The van der Waals surface area contributed by atoms with Gasteiger partial charge >= 0.3 is 0 Å². The largest absolute Gasteiger partial charge is 0.403 e. The first-order chi connectivity index (χ1) is 13.0. The molecule has 1 fully saturated rings. The van der Waals surface area contributed by atoms with Crippen molar-refractivity contribution in [1.29, 1.82) is 0 Å². The van der Waals surface area contributed by atoms with Crippen molar-refractivity contribution in [1.82, 2.24) is 15.1 Å². The van der Waals surface area contributed by atoms with Crippen LogP contribution in [0.15, 0.2) is 36.7 Å². The topological polar surface area (TPSA) is 117 Å². The van der Waals surface area contributed by atoms with Gasteiger partial charge in [-0.2, -0.15) is 0 Å². The van der Waals surface area contributed by atoms with Gasteiger partial charge in [0.1, 0.15) is 6.04 Å². The molecule has 1 aliphatic rings. The number of carbonyl (C=O) groups is 2. The van der Waals surface area contributed by atoms with Crippen molar-refractivity contribution in [3.8, 4) is 0 Å². The normalized spacial score (nSPS) is 16.3. The summed E-state index contributed by atoms with van der Waals surface area (Å²) >= 11 is 0. The average molecular weight is 374 g/mol. The molecule has 1 aromatic rings. The number of nitrogens with two attached hydrogens (primary N) is 2. The first-order valence-corrected chi connectivity index (χ1v) is 9.26. The minimum absolute atomic E-state index is 0.0312. The van der Waals surface area contributed by atoms with Gasteiger partial charge in [-0.15, -0.1) is 0 Å². The van der Waals surface area contributed by atoms with E-state index < -0.39 is 6.04 Å². The van der Waals surface area contributed by atoms with Crippen LogP contribution >= 0.6 is 0 Å². The van der Waals surface area contributed by atoms with Crippen molar-refractivity contribution in [2.75, 3.05) is 45.1 Å². The molecule has 148 valence electrons. The van der Waals surface area contributed by atoms with Crippen LogP contribution in [-0.4, -0.2) is 67.4 Å². The fourth-order valence-corrected chi connectivity index (χ4v) is 2.93. The van der Waals surface area contributed by atoms with Crippen LogP contribution in [0.4, 0.5) is 5.69 Å². The molecule has 1 saturated heterocycles. The van der Waals surface area contributed by atoms with Crippen LogP contribution in [0.1, 0.15) is 23.2 Å². The molecule has 0 spiro atoms. The standard InChI is InChI=1S/C19H30N6O2/c1-24-11-13-25(14-12-24)19(27)17(3-2-8-20)23-18(26)15-4-6-16(7-5-15)22-10-9-21/h4-7,9-10,17,22H,2-3,8,11-14,20-21H2,1H3,(H,23,26)/b10-9-. The van der Waals surface area contributed by atoms with Gasteiger partial charge in [0.05, 0.1) is 0 Å². The summed E-state index contributed by atoms with van der Waals surface area (Å²) in [5, 5.41) is 5.86. The lowest BCUT2D eigenvalue weighted by atomic mass is 10.1. The van der Waals surface area contributed by atoms with Crippen LogP contribution in [0, 0.1) is 0 Å². The van der Waals surface area contributed by atoms with E-state index in [-0.39, 0.29) is 11.8 Å². The van der Waals surface area contributed by atoms with Gasteiger partial charge in [-0.05, 0) is 50.7 Å². The molecule has 1 aliphatic heterocycles. The van der Waals surface area contributed by atoms with E-state index in [2.05, 4.69) is 15.5 Å². The number of benzene rings is 1. The molecule has 1 heterocycles. The molecule has 1 atom stereocenters.